The van der Waals surface area contributed by atoms with Gasteiger partial charge in [0, 0.05) is 6.04 Å². The molecule has 2 unspecified atom stereocenters. The molecule has 2 heteroatoms. The fourth-order valence-electron chi connectivity index (χ4n) is 2.73. The molecular formula is C15H22FN. The minimum atomic E-state index is -0.132. The number of rotatable bonds is 5. The third-order valence-electron chi connectivity index (χ3n) is 3.89. The van der Waals surface area contributed by atoms with E-state index in [-0.39, 0.29) is 5.82 Å². The normalized spacial score (nSPS) is 23.4. The number of hydrogen-bond donors (Lipinski definition) is 1. The average Bonchev–Trinajstić information content (AvgIpc) is 2.87. The van der Waals surface area contributed by atoms with E-state index in [1.807, 2.05) is 6.07 Å². The molecule has 1 aliphatic carbocycles. The maximum absolute atomic E-state index is 13.2. The molecule has 0 spiro atoms. The summed E-state index contributed by atoms with van der Waals surface area (Å²) in [6.45, 7) is 7.74. The van der Waals surface area contributed by atoms with Gasteiger partial charge in [-0.25, -0.2) is 4.39 Å². The molecule has 2 atom stereocenters. The third-order valence-corrected chi connectivity index (χ3v) is 3.89. The second-order valence-corrected chi connectivity index (χ2v) is 5.80. The Kier molecular flexibility index (Phi) is 3.53. The molecule has 2 rings (SSSR count). The largest absolute Gasteiger partial charge is 0.314 e. The third kappa shape index (κ3) is 3.06. The minimum absolute atomic E-state index is 0.132. The van der Waals surface area contributed by atoms with Gasteiger partial charge in [-0.2, -0.15) is 0 Å². The molecule has 0 amide bonds. The van der Waals surface area contributed by atoms with Gasteiger partial charge in [0.05, 0.1) is 0 Å². The topological polar surface area (TPSA) is 12.0 Å². The van der Waals surface area contributed by atoms with Crippen molar-refractivity contribution in [3.8, 4) is 0 Å². The first-order valence-corrected chi connectivity index (χ1v) is 6.51. The first-order chi connectivity index (χ1) is 8.03. The van der Waals surface area contributed by atoms with Crippen LogP contribution in [0.1, 0.15) is 32.8 Å². The molecular weight excluding hydrogens is 213 g/mol. The number of halogens is 1. The highest BCUT2D eigenvalue weighted by molar-refractivity contribution is 5.19. The van der Waals surface area contributed by atoms with E-state index in [0.29, 0.717) is 11.5 Å². The van der Waals surface area contributed by atoms with Crippen molar-refractivity contribution in [3.63, 3.8) is 0 Å². The number of likely N-dealkylation sites (N-methyl/N-ethyl adjacent to an activating group) is 1. The molecule has 94 valence electrons. The standard InChI is InChI=1S/C15H22FN/c1-4-17-14(13-10-15(13,2)3)9-11-6-5-7-12(16)8-11/h5-8,13-14,17H,4,9-10H2,1-3H3. The molecule has 17 heavy (non-hydrogen) atoms. The summed E-state index contributed by atoms with van der Waals surface area (Å²) in [5.41, 5.74) is 1.55. The van der Waals surface area contributed by atoms with E-state index in [1.54, 1.807) is 12.1 Å². The fraction of sp³-hybridized carbons (Fsp3) is 0.600. The van der Waals surface area contributed by atoms with E-state index in [2.05, 4.69) is 26.1 Å². The lowest BCUT2D eigenvalue weighted by Gasteiger charge is -2.19. The SMILES string of the molecule is CCNC(Cc1cccc(F)c1)C1CC1(C)C. The molecule has 0 aromatic heterocycles. The van der Waals surface area contributed by atoms with Gasteiger partial charge in [-0.1, -0.05) is 32.9 Å². The van der Waals surface area contributed by atoms with Gasteiger partial charge in [0.2, 0.25) is 0 Å². The lowest BCUT2D eigenvalue weighted by molar-refractivity contribution is 0.409. The van der Waals surface area contributed by atoms with Crippen LogP contribution in [0.5, 0.6) is 0 Å². The van der Waals surface area contributed by atoms with Crippen LogP contribution in [0.2, 0.25) is 0 Å². The molecule has 1 nitrogen and oxygen atoms in total. The summed E-state index contributed by atoms with van der Waals surface area (Å²) < 4.78 is 13.2. The van der Waals surface area contributed by atoms with Crippen molar-refractivity contribution in [3.05, 3.63) is 35.6 Å². The predicted octanol–water partition coefficient (Wildman–Crippen LogP) is 3.39. The Morgan fingerprint density at radius 3 is 2.71 bits per heavy atom. The second-order valence-electron chi connectivity index (χ2n) is 5.80. The van der Waals surface area contributed by atoms with Crippen LogP contribution in [0.25, 0.3) is 0 Å². The van der Waals surface area contributed by atoms with Crippen LogP contribution < -0.4 is 5.32 Å². The van der Waals surface area contributed by atoms with Crippen LogP contribution in [0.4, 0.5) is 4.39 Å². The summed E-state index contributed by atoms with van der Waals surface area (Å²) in [5, 5.41) is 3.55. The van der Waals surface area contributed by atoms with Crippen molar-refractivity contribution in [2.24, 2.45) is 11.3 Å². The summed E-state index contributed by atoms with van der Waals surface area (Å²) in [4.78, 5) is 0. The molecule has 1 aromatic rings. The van der Waals surface area contributed by atoms with Crippen molar-refractivity contribution >= 4 is 0 Å². The zero-order chi connectivity index (χ0) is 12.5. The van der Waals surface area contributed by atoms with Crippen molar-refractivity contribution in [2.75, 3.05) is 6.54 Å². The number of nitrogens with one attached hydrogen (secondary N) is 1. The van der Waals surface area contributed by atoms with E-state index in [4.69, 9.17) is 0 Å². The van der Waals surface area contributed by atoms with Crippen molar-refractivity contribution in [1.29, 1.82) is 0 Å². The average molecular weight is 235 g/mol. The second kappa shape index (κ2) is 4.77. The summed E-state index contributed by atoms with van der Waals surface area (Å²) in [6, 6.07) is 7.46. The maximum Gasteiger partial charge on any atom is 0.123 e. The van der Waals surface area contributed by atoms with Gasteiger partial charge >= 0.3 is 0 Å². The van der Waals surface area contributed by atoms with Gasteiger partial charge in [0.15, 0.2) is 0 Å². The lowest BCUT2D eigenvalue weighted by Crippen LogP contribution is -2.34. The molecule has 0 bridgehead atoms. The van der Waals surface area contributed by atoms with Gasteiger partial charge in [0.1, 0.15) is 5.82 Å². The molecule has 0 heterocycles. The Morgan fingerprint density at radius 2 is 2.18 bits per heavy atom. The van der Waals surface area contributed by atoms with Crippen molar-refractivity contribution in [2.45, 2.75) is 39.7 Å². The monoisotopic (exact) mass is 235 g/mol. The molecule has 1 saturated carbocycles. The van der Waals surface area contributed by atoms with Crippen molar-refractivity contribution in [1.82, 2.24) is 5.32 Å². The zero-order valence-electron chi connectivity index (χ0n) is 11.0. The van der Waals surface area contributed by atoms with Crippen LogP contribution in [0.15, 0.2) is 24.3 Å². The van der Waals surface area contributed by atoms with E-state index in [0.717, 1.165) is 24.4 Å². The van der Waals surface area contributed by atoms with Gasteiger partial charge in [0.25, 0.3) is 0 Å². The summed E-state index contributed by atoms with van der Waals surface area (Å²) in [7, 11) is 0. The van der Waals surface area contributed by atoms with Crippen LogP contribution in [0.3, 0.4) is 0 Å². The Hall–Kier alpha value is -0.890. The quantitative estimate of drug-likeness (QED) is 0.825. The molecule has 1 N–H and O–H groups in total. The Balaban J connectivity index is 2.03. The molecule has 1 fully saturated rings. The van der Waals surface area contributed by atoms with Crippen LogP contribution in [-0.2, 0) is 6.42 Å². The van der Waals surface area contributed by atoms with Crippen LogP contribution in [-0.4, -0.2) is 12.6 Å². The van der Waals surface area contributed by atoms with E-state index in [1.165, 1.54) is 12.5 Å². The first kappa shape index (κ1) is 12.6. The van der Waals surface area contributed by atoms with E-state index in [9.17, 15) is 4.39 Å². The van der Waals surface area contributed by atoms with Gasteiger partial charge in [-0.05, 0) is 48.4 Å². The fourth-order valence-corrected chi connectivity index (χ4v) is 2.73. The Labute approximate surface area is 103 Å². The number of hydrogen-bond acceptors (Lipinski definition) is 1. The molecule has 0 aliphatic heterocycles. The highest BCUT2D eigenvalue weighted by Gasteiger charge is 2.49. The number of benzene rings is 1. The Bertz CT molecular complexity index is 386. The predicted molar refractivity (Wildman–Crippen MR) is 69.5 cm³/mol. The first-order valence-electron chi connectivity index (χ1n) is 6.51. The molecule has 0 radical (unpaired) electrons. The highest BCUT2D eigenvalue weighted by atomic mass is 19.1. The smallest absolute Gasteiger partial charge is 0.123 e. The molecule has 1 aromatic carbocycles. The molecule has 1 aliphatic rings. The summed E-state index contributed by atoms with van der Waals surface area (Å²) in [6.07, 6.45) is 2.21. The minimum Gasteiger partial charge on any atom is -0.314 e. The zero-order valence-corrected chi connectivity index (χ0v) is 11.0. The van der Waals surface area contributed by atoms with E-state index >= 15 is 0 Å². The van der Waals surface area contributed by atoms with Gasteiger partial charge in [-0.3, -0.25) is 0 Å². The van der Waals surface area contributed by atoms with Crippen LogP contribution >= 0.6 is 0 Å². The van der Waals surface area contributed by atoms with Crippen molar-refractivity contribution < 1.29 is 4.39 Å². The summed E-state index contributed by atoms with van der Waals surface area (Å²) in [5.74, 6) is 0.596. The highest BCUT2D eigenvalue weighted by Crippen LogP contribution is 2.54. The van der Waals surface area contributed by atoms with Gasteiger partial charge in [-0.15, -0.1) is 0 Å². The van der Waals surface area contributed by atoms with Gasteiger partial charge < -0.3 is 5.32 Å². The van der Waals surface area contributed by atoms with E-state index < -0.39 is 0 Å². The molecule has 0 saturated heterocycles. The lowest BCUT2D eigenvalue weighted by atomic mass is 9.97. The maximum atomic E-state index is 13.2. The van der Waals surface area contributed by atoms with Crippen LogP contribution in [0, 0.1) is 17.2 Å². The summed E-state index contributed by atoms with van der Waals surface area (Å²) >= 11 is 0. The Morgan fingerprint density at radius 1 is 1.47 bits per heavy atom.